The Labute approximate surface area is 183 Å². The molecule has 0 bridgehead atoms. The number of aryl methyl sites for hydroxylation is 1. The van der Waals surface area contributed by atoms with E-state index >= 15 is 0 Å². The minimum absolute atomic E-state index is 0.0989. The van der Waals surface area contributed by atoms with Crippen molar-refractivity contribution in [3.05, 3.63) is 89.1 Å². The van der Waals surface area contributed by atoms with E-state index in [1.165, 1.54) is 11.8 Å². The number of carbonyl (C=O) groups is 1. The second kappa shape index (κ2) is 10.1. The number of nitrogens with one attached hydrogen (secondary N) is 1. The number of thiazole rings is 1. The Balaban J connectivity index is 1.30. The Morgan fingerprint density at radius 2 is 1.83 bits per heavy atom. The number of hydrogen-bond acceptors (Lipinski definition) is 6. The van der Waals surface area contributed by atoms with E-state index in [1.807, 2.05) is 48.5 Å². The zero-order valence-corrected chi connectivity index (χ0v) is 17.8. The second-order valence-corrected chi connectivity index (χ2v) is 8.50. The number of carbonyl (C=O) groups excluding carboxylic acids is 1. The second-order valence-electron chi connectivity index (χ2n) is 6.49. The average Bonchev–Trinajstić information content (AvgIpc) is 3.27. The maximum atomic E-state index is 12.7. The molecule has 30 heavy (non-hydrogen) atoms. The molecule has 3 heterocycles. The molecule has 0 saturated carbocycles. The molecule has 0 unspecified atom stereocenters. The molecule has 0 radical (unpaired) electrons. The van der Waals surface area contributed by atoms with Crippen LogP contribution in [0.1, 0.15) is 21.8 Å². The molecule has 0 saturated heterocycles. The Kier molecular flexibility index (Phi) is 6.84. The van der Waals surface area contributed by atoms with E-state index in [2.05, 4.69) is 25.6 Å². The van der Waals surface area contributed by atoms with Gasteiger partial charge in [-0.05, 0) is 42.8 Å². The van der Waals surface area contributed by atoms with Crippen molar-refractivity contribution in [3.63, 3.8) is 0 Å². The fraction of sp³-hybridized carbons (Fsp3) is 0.130. The van der Waals surface area contributed by atoms with Gasteiger partial charge in [0.2, 0.25) is 0 Å². The summed E-state index contributed by atoms with van der Waals surface area (Å²) >= 11 is 3.14. The molecule has 4 aromatic rings. The maximum absolute atomic E-state index is 12.7. The first-order valence-corrected chi connectivity index (χ1v) is 11.3. The van der Waals surface area contributed by atoms with Crippen LogP contribution >= 0.6 is 23.1 Å². The molecular weight excluding hydrogens is 412 g/mol. The van der Waals surface area contributed by atoms with Crippen LogP contribution in [0.2, 0.25) is 0 Å². The number of rotatable bonds is 8. The van der Waals surface area contributed by atoms with Crippen LogP contribution in [0.5, 0.6) is 0 Å². The quantitative estimate of drug-likeness (QED) is 0.392. The largest absolute Gasteiger partial charge is 0.352 e. The topological polar surface area (TPSA) is 67.8 Å². The molecule has 0 aliphatic heterocycles. The van der Waals surface area contributed by atoms with E-state index in [1.54, 1.807) is 36.0 Å². The van der Waals surface area contributed by atoms with E-state index in [9.17, 15) is 4.79 Å². The van der Waals surface area contributed by atoms with Crippen LogP contribution in [0.25, 0.3) is 11.3 Å². The normalized spacial score (nSPS) is 10.7. The SMILES string of the molecule is O=C(NCCCc1nc(-c2ccncc2)cs1)c1cccnc1Sc1ccccc1. The van der Waals surface area contributed by atoms with E-state index in [0.717, 1.165) is 34.0 Å². The van der Waals surface area contributed by atoms with Gasteiger partial charge < -0.3 is 5.32 Å². The van der Waals surface area contributed by atoms with Gasteiger partial charge in [-0.2, -0.15) is 0 Å². The predicted molar refractivity (Wildman–Crippen MR) is 121 cm³/mol. The van der Waals surface area contributed by atoms with Crippen molar-refractivity contribution >= 4 is 29.0 Å². The molecule has 0 fully saturated rings. The number of amides is 1. The summed E-state index contributed by atoms with van der Waals surface area (Å²) in [5, 5.41) is 6.85. The van der Waals surface area contributed by atoms with Crippen molar-refractivity contribution in [2.45, 2.75) is 22.8 Å². The zero-order valence-electron chi connectivity index (χ0n) is 16.2. The Morgan fingerprint density at radius 1 is 1.00 bits per heavy atom. The highest BCUT2D eigenvalue weighted by Gasteiger charge is 2.13. The molecule has 1 aromatic carbocycles. The fourth-order valence-corrected chi connectivity index (χ4v) is 4.61. The van der Waals surface area contributed by atoms with Crippen molar-refractivity contribution in [2.24, 2.45) is 0 Å². The van der Waals surface area contributed by atoms with Gasteiger partial charge in [0.15, 0.2) is 0 Å². The third-order valence-electron chi connectivity index (χ3n) is 4.35. The minimum Gasteiger partial charge on any atom is -0.352 e. The number of nitrogens with zero attached hydrogens (tertiary/aromatic N) is 3. The van der Waals surface area contributed by atoms with E-state index in [0.29, 0.717) is 17.1 Å². The average molecular weight is 433 g/mol. The molecule has 0 aliphatic rings. The summed E-state index contributed by atoms with van der Waals surface area (Å²) in [5.41, 5.74) is 2.64. The van der Waals surface area contributed by atoms with Gasteiger partial charge in [-0.25, -0.2) is 9.97 Å². The first-order valence-electron chi connectivity index (χ1n) is 9.60. The maximum Gasteiger partial charge on any atom is 0.254 e. The van der Waals surface area contributed by atoms with Crippen LogP contribution in [0.15, 0.2) is 88.5 Å². The summed E-state index contributed by atoms with van der Waals surface area (Å²) < 4.78 is 0. The first-order chi connectivity index (χ1) is 14.8. The molecule has 0 aliphatic carbocycles. The number of aromatic nitrogens is 3. The molecule has 7 heteroatoms. The van der Waals surface area contributed by atoms with Crippen molar-refractivity contribution in [3.8, 4) is 11.3 Å². The lowest BCUT2D eigenvalue weighted by Gasteiger charge is -2.09. The van der Waals surface area contributed by atoms with Crippen molar-refractivity contribution in [1.29, 1.82) is 0 Å². The van der Waals surface area contributed by atoms with Gasteiger partial charge in [0.1, 0.15) is 5.03 Å². The Morgan fingerprint density at radius 3 is 2.67 bits per heavy atom. The molecule has 1 N–H and O–H groups in total. The predicted octanol–water partition coefficient (Wildman–Crippen LogP) is 5.11. The molecular formula is C23H20N4OS2. The van der Waals surface area contributed by atoms with Gasteiger partial charge in [-0.3, -0.25) is 9.78 Å². The summed E-state index contributed by atoms with van der Waals surface area (Å²) in [6, 6.07) is 17.5. The van der Waals surface area contributed by atoms with Crippen LogP contribution < -0.4 is 5.32 Å². The molecule has 0 atom stereocenters. The van der Waals surface area contributed by atoms with Crippen LogP contribution in [0.4, 0.5) is 0 Å². The molecule has 5 nitrogen and oxygen atoms in total. The Hall–Kier alpha value is -3.03. The Bertz CT molecular complexity index is 1100. The van der Waals surface area contributed by atoms with Crippen LogP contribution in [0.3, 0.4) is 0 Å². The number of benzene rings is 1. The zero-order chi connectivity index (χ0) is 20.6. The van der Waals surface area contributed by atoms with Gasteiger partial charge in [0.25, 0.3) is 5.91 Å². The monoisotopic (exact) mass is 432 g/mol. The standard InChI is InChI=1S/C23H20N4OS2/c28-22(19-8-4-13-26-23(19)30-18-6-2-1-3-7-18)25-12-5-9-21-27-20(16-29-21)17-10-14-24-15-11-17/h1-4,6-8,10-11,13-16H,5,9,12H2,(H,25,28). The van der Waals surface area contributed by atoms with Crippen molar-refractivity contribution < 1.29 is 4.79 Å². The van der Waals surface area contributed by atoms with Gasteiger partial charge >= 0.3 is 0 Å². The summed E-state index contributed by atoms with van der Waals surface area (Å²) in [4.78, 5) is 26.8. The fourth-order valence-electron chi connectivity index (χ4n) is 2.86. The summed E-state index contributed by atoms with van der Waals surface area (Å²) in [5.74, 6) is -0.0989. The molecule has 0 spiro atoms. The molecule has 1 amide bonds. The number of pyridine rings is 2. The van der Waals surface area contributed by atoms with E-state index in [4.69, 9.17) is 0 Å². The highest BCUT2D eigenvalue weighted by atomic mass is 32.2. The summed E-state index contributed by atoms with van der Waals surface area (Å²) in [6.07, 6.45) is 6.91. The summed E-state index contributed by atoms with van der Waals surface area (Å²) in [7, 11) is 0. The molecule has 150 valence electrons. The third-order valence-corrected chi connectivity index (χ3v) is 6.29. The number of hydrogen-bond donors (Lipinski definition) is 1. The smallest absolute Gasteiger partial charge is 0.254 e. The van der Waals surface area contributed by atoms with Gasteiger partial charge in [-0.1, -0.05) is 30.0 Å². The van der Waals surface area contributed by atoms with Crippen LogP contribution in [-0.4, -0.2) is 27.4 Å². The van der Waals surface area contributed by atoms with Crippen molar-refractivity contribution in [1.82, 2.24) is 20.3 Å². The first kappa shape index (κ1) is 20.3. The molecule has 3 aromatic heterocycles. The highest BCUT2D eigenvalue weighted by Crippen LogP contribution is 2.28. The lowest BCUT2D eigenvalue weighted by Crippen LogP contribution is -2.25. The van der Waals surface area contributed by atoms with Crippen LogP contribution in [0, 0.1) is 0 Å². The van der Waals surface area contributed by atoms with Gasteiger partial charge in [-0.15, -0.1) is 11.3 Å². The summed E-state index contributed by atoms with van der Waals surface area (Å²) in [6.45, 7) is 0.591. The van der Waals surface area contributed by atoms with E-state index in [-0.39, 0.29) is 5.91 Å². The van der Waals surface area contributed by atoms with Gasteiger partial charge in [0.05, 0.1) is 16.3 Å². The van der Waals surface area contributed by atoms with Crippen molar-refractivity contribution in [2.75, 3.05) is 6.54 Å². The third kappa shape index (κ3) is 5.31. The molecule has 4 rings (SSSR count). The lowest BCUT2D eigenvalue weighted by molar-refractivity contribution is 0.0949. The van der Waals surface area contributed by atoms with Crippen LogP contribution in [-0.2, 0) is 6.42 Å². The van der Waals surface area contributed by atoms with Gasteiger partial charge in [0, 0.05) is 47.4 Å². The lowest BCUT2D eigenvalue weighted by atomic mass is 10.2. The minimum atomic E-state index is -0.0989. The van der Waals surface area contributed by atoms with E-state index < -0.39 is 0 Å². The highest BCUT2D eigenvalue weighted by molar-refractivity contribution is 7.99.